The highest BCUT2D eigenvalue weighted by atomic mass is 32.1. The minimum atomic E-state index is -4.52. The number of alkyl halides is 3. The summed E-state index contributed by atoms with van der Waals surface area (Å²) in [5.41, 5.74) is 0.151. The first-order valence-corrected chi connectivity index (χ1v) is 10.3. The number of nitrogens with zero attached hydrogens (tertiary/aromatic N) is 4. The van der Waals surface area contributed by atoms with Crippen LogP contribution in [-0.4, -0.2) is 38.5 Å². The largest absolute Gasteiger partial charge is 0.433 e. The lowest BCUT2D eigenvalue weighted by molar-refractivity contribution is -0.142. The predicted molar refractivity (Wildman–Crippen MR) is 108 cm³/mol. The van der Waals surface area contributed by atoms with E-state index in [0.717, 1.165) is 20.7 Å². The molecular formula is C21H17F3N4OS. The molecule has 154 valence electrons. The van der Waals surface area contributed by atoms with Gasteiger partial charge in [-0.2, -0.15) is 18.3 Å². The molecule has 4 aromatic rings. The van der Waals surface area contributed by atoms with Gasteiger partial charge in [0.25, 0.3) is 5.91 Å². The second kappa shape index (κ2) is 6.80. The molecule has 1 atom stereocenters. The highest BCUT2D eigenvalue weighted by Crippen LogP contribution is 2.33. The highest BCUT2D eigenvalue weighted by Gasteiger charge is 2.36. The fraction of sp³-hybridized carbons (Fsp3) is 0.286. The summed E-state index contributed by atoms with van der Waals surface area (Å²) in [5, 5.41) is 5.23. The summed E-state index contributed by atoms with van der Waals surface area (Å²) in [6.45, 7) is 2.50. The molecule has 0 bridgehead atoms. The molecule has 1 aromatic carbocycles. The first-order chi connectivity index (χ1) is 14.3. The van der Waals surface area contributed by atoms with Gasteiger partial charge in [0, 0.05) is 35.5 Å². The van der Waals surface area contributed by atoms with Gasteiger partial charge in [-0.15, -0.1) is 11.3 Å². The van der Waals surface area contributed by atoms with E-state index in [0.29, 0.717) is 30.1 Å². The van der Waals surface area contributed by atoms with E-state index < -0.39 is 11.9 Å². The van der Waals surface area contributed by atoms with Crippen LogP contribution in [0, 0.1) is 6.92 Å². The van der Waals surface area contributed by atoms with E-state index in [1.54, 1.807) is 11.0 Å². The highest BCUT2D eigenvalue weighted by molar-refractivity contribution is 7.20. The van der Waals surface area contributed by atoms with Gasteiger partial charge in [-0.25, -0.2) is 9.50 Å². The lowest BCUT2D eigenvalue weighted by atomic mass is 10.1. The van der Waals surface area contributed by atoms with Crippen LogP contribution in [0.1, 0.15) is 39.1 Å². The molecule has 1 aliphatic heterocycles. The van der Waals surface area contributed by atoms with Crippen molar-refractivity contribution in [2.45, 2.75) is 25.4 Å². The summed E-state index contributed by atoms with van der Waals surface area (Å²) in [7, 11) is 0. The number of amides is 1. The molecule has 9 heteroatoms. The van der Waals surface area contributed by atoms with Gasteiger partial charge >= 0.3 is 6.18 Å². The third-order valence-corrected chi connectivity index (χ3v) is 6.50. The summed E-state index contributed by atoms with van der Waals surface area (Å²) >= 11 is 1.45. The molecule has 1 fully saturated rings. The maximum absolute atomic E-state index is 13.4. The van der Waals surface area contributed by atoms with Crippen molar-refractivity contribution in [2.24, 2.45) is 0 Å². The quantitative estimate of drug-likeness (QED) is 0.455. The molecule has 0 saturated carbocycles. The van der Waals surface area contributed by atoms with Gasteiger partial charge in [-0.1, -0.05) is 18.2 Å². The maximum atomic E-state index is 13.4. The number of halogens is 3. The summed E-state index contributed by atoms with van der Waals surface area (Å²) < 4.78 is 42.1. The number of rotatable bonds is 2. The van der Waals surface area contributed by atoms with Crippen LogP contribution in [0.4, 0.5) is 13.2 Å². The van der Waals surface area contributed by atoms with Crippen LogP contribution in [0.2, 0.25) is 0 Å². The molecule has 3 aromatic heterocycles. The fourth-order valence-corrected chi connectivity index (χ4v) is 4.98. The number of aromatic nitrogens is 3. The Kier molecular flexibility index (Phi) is 4.32. The number of carbonyl (C=O) groups excluding carboxylic acids is 1. The third-order valence-electron chi connectivity index (χ3n) is 5.39. The van der Waals surface area contributed by atoms with E-state index >= 15 is 0 Å². The van der Waals surface area contributed by atoms with Crippen LogP contribution in [0.15, 0.2) is 42.5 Å². The SMILES string of the molecule is Cc1cc(C(F)(F)F)n2nc([C@H]3CCN(C(=O)c4cc5ccccc5s4)C3)cc2n1. The van der Waals surface area contributed by atoms with E-state index in [-0.39, 0.29) is 23.2 Å². The second-order valence-electron chi connectivity index (χ2n) is 7.50. The number of aryl methyl sites for hydroxylation is 1. The van der Waals surface area contributed by atoms with Crippen molar-refractivity contribution in [1.29, 1.82) is 0 Å². The van der Waals surface area contributed by atoms with E-state index in [2.05, 4.69) is 10.1 Å². The Labute approximate surface area is 173 Å². The molecule has 30 heavy (non-hydrogen) atoms. The number of thiophene rings is 1. The fourth-order valence-electron chi connectivity index (χ4n) is 3.95. The molecule has 1 aliphatic rings. The van der Waals surface area contributed by atoms with Crippen LogP contribution >= 0.6 is 11.3 Å². The van der Waals surface area contributed by atoms with Crippen LogP contribution in [-0.2, 0) is 6.18 Å². The van der Waals surface area contributed by atoms with Crippen LogP contribution in [0.5, 0.6) is 0 Å². The summed E-state index contributed by atoms with van der Waals surface area (Å²) in [4.78, 5) is 19.6. The number of likely N-dealkylation sites (tertiary alicyclic amines) is 1. The lowest BCUT2D eigenvalue weighted by Gasteiger charge is -2.14. The van der Waals surface area contributed by atoms with Gasteiger partial charge in [-0.3, -0.25) is 4.79 Å². The van der Waals surface area contributed by atoms with Gasteiger partial charge in [0.2, 0.25) is 0 Å². The maximum Gasteiger partial charge on any atom is 0.433 e. The van der Waals surface area contributed by atoms with Crippen molar-refractivity contribution in [2.75, 3.05) is 13.1 Å². The van der Waals surface area contributed by atoms with Crippen molar-refractivity contribution in [3.63, 3.8) is 0 Å². The molecule has 0 radical (unpaired) electrons. The molecule has 5 rings (SSSR count). The van der Waals surface area contributed by atoms with Crippen molar-refractivity contribution >= 4 is 33.0 Å². The van der Waals surface area contributed by atoms with E-state index in [9.17, 15) is 18.0 Å². The van der Waals surface area contributed by atoms with Gasteiger partial charge in [0.05, 0.1) is 10.6 Å². The smallest absolute Gasteiger partial charge is 0.337 e. The zero-order valence-corrected chi connectivity index (χ0v) is 16.8. The Morgan fingerprint density at radius 2 is 2.00 bits per heavy atom. The number of carbonyl (C=O) groups is 1. The first-order valence-electron chi connectivity index (χ1n) is 9.52. The molecular weight excluding hydrogens is 413 g/mol. The van der Waals surface area contributed by atoms with Crippen molar-refractivity contribution in [3.8, 4) is 0 Å². The van der Waals surface area contributed by atoms with E-state index in [1.165, 1.54) is 18.3 Å². The third kappa shape index (κ3) is 3.23. The Morgan fingerprint density at radius 3 is 2.77 bits per heavy atom. The number of benzene rings is 1. The zero-order chi connectivity index (χ0) is 21.0. The van der Waals surface area contributed by atoms with Crippen molar-refractivity contribution in [1.82, 2.24) is 19.5 Å². The van der Waals surface area contributed by atoms with E-state index in [1.807, 2.05) is 30.3 Å². The molecule has 5 nitrogen and oxygen atoms in total. The Bertz CT molecular complexity index is 1240. The Morgan fingerprint density at radius 1 is 1.20 bits per heavy atom. The Balaban J connectivity index is 1.41. The summed E-state index contributed by atoms with van der Waals surface area (Å²) in [5.74, 6) is -0.168. The van der Waals surface area contributed by atoms with Crippen LogP contribution < -0.4 is 0 Å². The average Bonchev–Trinajstić information content (AvgIpc) is 3.42. The molecule has 0 aliphatic carbocycles. The zero-order valence-electron chi connectivity index (χ0n) is 16.0. The number of hydrogen-bond donors (Lipinski definition) is 0. The molecule has 0 N–H and O–H groups in total. The molecule has 1 amide bonds. The molecule has 4 heterocycles. The number of hydrogen-bond acceptors (Lipinski definition) is 4. The summed E-state index contributed by atoms with van der Waals surface area (Å²) in [6.07, 6.45) is -3.87. The van der Waals surface area contributed by atoms with Crippen LogP contribution in [0.3, 0.4) is 0 Å². The van der Waals surface area contributed by atoms with Gasteiger partial charge < -0.3 is 4.90 Å². The van der Waals surface area contributed by atoms with E-state index in [4.69, 9.17) is 0 Å². The van der Waals surface area contributed by atoms with Gasteiger partial charge in [0.15, 0.2) is 5.65 Å². The van der Waals surface area contributed by atoms with Crippen molar-refractivity contribution < 1.29 is 18.0 Å². The monoisotopic (exact) mass is 430 g/mol. The Hall–Kier alpha value is -2.94. The average molecular weight is 430 g/mol. The second-order valence-corrected chi connectivity index (χ2v) is 8.59. The molecule has 0 spiro atoms. The molecule has 0 unspecified atom stereocenters. The van der Waals surface area contributed by atoms with Gasteiger partial charge in [0.1, 0.15) is 5.69 Å². The molecule has 1 saturated heterocycles. The normalized spacial score (nSPS) is 17.3. The number of fused-ring (bicyclic) bond motifs is 2. The minimum Gasteiger partial charge on any atom is -0.337 e. The first kappa shape index (κ1) is 19.0. The van der Waals surface area contributed by atoms with Gasteiger partial charge in [-0.05, 0) is 36.9 Å². The minimum absolute atomic E-state index is 0.0487. The standard InChI is InChI=1S/C21H17F3N4OS/c1-12-8-18(21(22,23)24)28-19(25-12)10-15(26-28)14-6-7-27(11-14)20(29)17-9-13-4-2-3-5-16(13)30-17/h2-5,8-10,14H,6-7,11H2,1H3/t14-/m0/s1. The van der Waals surface area contributed by atoms with Crippen LogP contribution in [0.25, 0.3) is 15.7 Å². The summed E-state index contributed by atoms with van der Waals surface area (Å²) in [6, 6.07) is 12.3. The van der Waals surface area contributed by atoms with Crippen molar-refractivity contribution in [3.05, 3.63) is 64.4 Å². The lowest BCUT2D eigenvalue weighted by Crippen LogP contribution is -2.27. The predicted octanol–water partition coefficient (Wildman–Crippen LogP) is 4.90. The topological polar surface area (TPSA) is 50.5 Å².